The van der Waals surface area contributed by atoms with Crippen molar-refractivity contribution in [2.24, 2.45) is 18.4 Å². The van der Waals surface area contributed by atoms with E-state index in [2.05, 4.69) is 0 Å². The molecule has 6 rings (SSSR count). The van der Waals surface area contributed by atoms with Gasteiger partial charge in [0.05, 0.1) is 18.0 Å². The van der Waals surface area contributed by atoms with Gasteiger partial charge in [-0.1, -0.05) is 43.3 Å². The molecule has 0 amide bonds. The molecule has 8 heteroatoms. The number of rotatable bonds is 1. The normalized spacial score (nSPS) is 27.6. The van der Waals surface area contributed by atoms with Gasteiger partial charge in [-0.2, -0.15) is 0 Å². The lowest BCUT2D eigenvalue weighted by Gasteiger charge is -2.53. The van der Waals surface area contributed by atoms with Crippen LogP contribution < -0.4 is 11.4 Å². The fourth-order valence-electron chi connectivity index (χ4n) is 6.85. The van der Waals surface area contributed by atoms with Crippen molar-refractivity contribution < 1.29 is 14.7 Å². The van der Waals surface area contributed by atoms with E-state index >= 15 is 0 Å². The number of Topliss-reactive ketones (excluding diaryl/α,β-unsaturated/α-hetero) is 2. The van der Waals surface area contributed by atoms with Gasteiger partial charge in [-0.15, -0.1) is 0 Å². The Kier molecular flexibility index (Phi) is 4.56. The van der Waals surface area contributed by atoms with Crippen LogP contribution in [0.4, 0.5) is 0 Å². The van der Waals surface area contributed by atoms with Crippen molar-refractivity contribution >= 4 is 22.3 Å². The molecule has 2 aliphatic carbocycles. The Balaban J connectivity index is 1.70. The molecule has 184 valence electrons. The first-order chi connectivity index (χ1) is 17.1. The standard InChI is InChI=1S/C28H27N3O5/c1-14-15(2)25(34)28(3)20(24(14)33)13-21-19(11-12-30-26(35)29(4)27(36)31(21)30)23(28)18-9-10-22(32)17-8-6-5-7-16(17)18/h5-11,20-21,23,32H,12-13H2,1-4H3/t20-,21+,23-,28+/m0/s1. The molecule has 0 bridgehead atoms. The quantitative estimate of drug-likeness (QED) is 0.534. The molecule has 1 aliphatic heterocycles. The Bertz CT molecular complexity index is 1700. The highest BCUT2D eigenvalue weighted by atomic mass is 16.3. The van der Waals surface area contributed by atoms with Gasteiger partial charge in [0, 0.05) is 24.3 Å². The molecule has 1 fully saturated rings. The first-order valence-electron chi connectivity index (χ1n) is 12.1. The minimum atomic E-state index is -1.08. The van der Waals surface area contributed by atoms with Crippen molar-refractivity contribution in [2.45, 2.75) is 45.7 Å². The van der Waals surface area contributed by atoms with E-state index in [4.69, 9.17) is 0 Å². The number of phenolic OH excluding ortho intramolecular Hbond substituents is 1. The molecule has 1 saturated carbocycles. The summed E-state index contributed by atoms with van der Waals surface area (Å²) in [5.74, 6) is -1.23. The molecule has 1 aromatic heterocycles. The predicted molar refractivity (Wildman–Crippen MR) is 134 cm³/mol. The number of aromatic nitrogens is 3. The highest BCUT2D eigenvalue weighted by Crippen LogP contribution is 2.61. The predicted octanol–water partition coefficient (Wildman–Crippen LogP) is 2.99. The monoisotopic (exact) mass is 485 g/mol. The SMILES string of the molecule is CC1=C(C)C(=O)[C@@]2(C)[C@@H](c3ccc(O)c4ccccc34)C3=CCn4c(=O)n(C)c(=O)n4[C@@H]3C[C@H]2C1=O. The van der Waals surface area contributed by atoms with E-state index in [1.807, 2.05) is 43.3 Å². The van der Waals surface area contributed by atoms with Crippen LogP contribution in [0.3, 0.4) is 0 Å². The number of ketones is 2. The van der Waals surface area contributed by atoms with E-state index in [1.54, 1.807) is 19.9 Å². The number of hydrogen-bond donors (Lipinski definition) is 1. The van der Waals surface area contributed by atoms with Crippen LogP contribution in [0.1, 0.15) is 44.7 Å². The number of aromatic hydroxyl groups is 1. The number of hydrogen-bond acceptors (Lipinski definition) is 5. The molecule has 0 saturated heterocycles. The van der Waals surface area contributed by atoms with Crippen LogP contribution in [0.5, 0.6) is 5.75 Å². The molecule has 2 heterocycles. The van der Waals surface area contributed by atoms with Crippen LogP contribution in [0.15, 0.2) is 68.8 Å². The molecule has 3 aromatic rings. The summed E-state index contributed by atoms with van der Waals surface area (Å²) in [5, 5.41) is 12.0. The van der Waals surface area contributed by atoms with Crippen LogP contribution in [0.25, 0.3) is 10.8 Å². The zero-order chi connectivity index (χ0) is 25.7. The van der Waals surface area contributed by atoms with Gasteiger partial charge in [0.15, 0.2) is 11.6 Å². The van der Waals surface area contributed by atoms with Gasteiger partial charge < -0.3 is 5.11 Å². The Labute approximate surface area is 206 Å². The summed E-state index contributed by atoms with van der Waals surface area (Å²) in [4.78, 5) is 53.7. The Hall–Kier alpha value is -3.94. The summed E-state index contributed by atoms with van der Waals surface area (Å²) >= 11 is 0. The summed E-state index contributed by atoms with van der Waals surface area (Å²) in [5.41, 5.74) is 0.669. The molecular weight excluding hydrogens is 458 g/mol. The third kappa shape index (κ3) is 2.59. The lowest BCUT2D eigenvalue weighted by molar-refractivity contribution is -0.140. The van der Waals surface area contributed by atoms with Crippen molar-refractivity contribution in [1.82, 2.24) is 13.9 Å². The smallest absolute Gasteiger partial charge is 0.347 e. The Morgan fingerprint density at radius 1 is 0.944 bits per heavy atom. The fraction of sp³-hybridized carbons (Fsp3) is 0.357. The maximum atomic E-state index is 14.1. The molecule has 4 atom stereocenters. The maximum Gasteiger partial charge on any atom is 0.347 e. The van der Waals surface area contributed by atoms with Crippen molar-refractivity contribution in [3.05, 3.63) is 85.7 Å². The minimum Gasteiger partial charge on any atom is -0.507 e. The summed E-state index contributed by atoms with van der Waals surface area (Å²) in [6, 6.07) is 10.4. The summed E-state index contributed by atoms with van der Waals surface area (Å²) in [6.45, 7) is 5.47. The Morgan fingerprint density at radius 3 is 2.36 bits per heavy atom. The molecule has 1 N–H and O–H groups in total. The largest absolute Gasteiger partial charge is 0.507 e. The lowest BCUT2D eigenvalue weighted by atomic mass is 9.49. The molecule has 3 aliphatic rings. The molecule has 0 unspecified atom stereocenters. The van der Waals surface area contributed by atoms with E-state index in [1.165, 1.54) is 16.4 Å². The van der Waals surface area contributed by atoms with Crippen molar-refractivity contribution in [2.75, 3.05) is 0 Å². The third-order valence-electron chi connectivity index (χ3n) is 8.87. The van der Waals surface area contributed by atoms with Crippen LogP contribution in [-0.4, -0.2) is 30.6 Å². The van der Waals surface area contributed by atoms with Crippen LogP contribution in [-0.2, 0) is 23.2 Å². The average molecular weight is 486 g/mol. The van der Waals surface area contributed by atoms with Crippen LogP contribution in [0.2, 0.25) is 0 Å². The third-order valence-corrected chi connectivity index (χ3v) is 8.87. The molecule has 0 spiro atoms. The van der Waals surface area contributed by atoms with Crippen LogP contribution in [0, 0.1) is 11.3 Å². The zero-order valence-corrected chi connectivity index (χ0v) is 20.6. The first-order valence-corrected chi connectivity index (χ1v) is 12.1. The second-order valence-electron chi connectivity index (χ2n) is 10.4. The number of carbonyl (C=O) groups is 2. The second kappa shape index (κ2) is 7.29. The van der Waals surface area contributed by atoms with Gasteiger partial charge in [0.1, 0.15) is 5.75 Å². The van der Waals surface area contributed by atoms with Gasteiger partial charge in [0.2, 0.25) is 0 Å². The van der Waals surface area contributed by atoms with E-state index in [0.29, 0.717) is 16.5 Å². The Morgan fingerprint density at radius 2 is 1.64 bits per heavy atom. The van der Waals surface area contributed by atoms with Gasteiger partial charge >= 0.3 is 11.4 Å². The molecule has 8 nitrogen and oxygen atoms in total. The van der Waals surface area contributed by atoms with Gasteiger partial charge in [-0.05, 0) is 54.0 Å². The summed E-state index contributed by atoms with van der Waals surface area (Å²) in [7, 11) is 1.45. The molecule has 36 heavy (non-hydrogen) atoms. The first kappa shape index (κ1) is 22.5. The number of allylic oxidation sites excluding steroid dienone is 4. The highest BCUT2D eigenvalue weighted by Gasteiger charge is 2.60. The molecule has 0 radical (unpaired) electrons. The number of fused-ring (bicyclic) bond motifs is 5. The fourth-order valence-corrected chi connectivity index (χ4v) is 6.85. The summed E-state index contributed by atoms with van der Waals surface area (Å²) in [6.07, 6.45) is 2.20. The van der Waals surface area contributed by atoms with E-state index in [9.17, 15) is 24.3 Å². The number of phenols is 1. The molecular formula is C28H27N3O5. The van der Waals surface area contributed by atoms with Gasteiger partial charge in [-0.3, -0.25) is 9.59 Å². The number of benzene rings is 2. The lowest BCUT2D eigenvalue weighted by Crippen LogP contribution is -2.55. The maximum absolute atomic E-state index is 14.1. The highest BCUT2D eigenvalue weighted by molar-refractivity contribution is 6.16. The van der Waals surface area contributed by atoms with Gasteiger partial charge in [0.25, 0.3) is 0 Å². The topological polar surface area (TPSA) is 103 Å². The van der Waals surface area contributed by atoms with E-state index in [0.717, 1.165) is 21.1 Å². The van der Waals surface area contributed by atoms with Crippen LogP contribution >= 0.6 is 0 Å². The summed E-state index contributed by atoms with van der Waals surface area (Å²) < 4.78 is 3.96. The van der Waals surface area contributed by atoms with Crippen molar-refractivity contribution in [3.63, 3.8) is 0 Å². The zero-order valence-electron chi connectivity index (χ0n) is 20.6. The number of nitrogens with zero attached hydrogens (tertiary/aromatic N) is 3. The minimum absolute atomic E-state index is 0.0746. The molecule has 2 aromatic carbocycles. The second-order valence-corrected chi connectivity index (χ2v) is 10.4. The van der Waals surface area contributed by atoms with E-state index in [-0.39, 0.29) is 30.3 Å². The van der Waals surface area contributed by atoms with E-state index < -0.39 is 34.7 Å². The van der Waals surface area contributed by atoms with Crippen molar-refractivity contribution in [1.29, 1.82) is 0 Å². The number of carbonyl (C=O) groups excluding carboxylic acids is 2. The van der Waals surface area contributed by atoms with Crippen molar-refractivity contribution in [3.8, 4) is 5.75 Å². The average Bonchev–Trinajstić information content (AvgIpc) is 3.10. The van der Waals surface area contributed by atoms with Gasteiger partial charge in [-0.25, -0.2) is 23.5 Å².